The van der Waals surface area contributed by atoms with E-state index in [9.17, 15) is 9.59 Å². The number of nitrogens with one attached hydrogen (secondary N) is 2. The van der Waals surface area contributed by atoms with Crippen molar-refractivity contribution in [3.8, 4) is 11.5 Å². The van der Waals surface area contributed by atoms with Gasteiger partial charge >= 0.3 is 0 Å². The van der Waals surface area contributed by atoms with E-state index in [0.29, 0.717) is 23.6 Å². The molecule has 0 bridgehead atoms. The molecule has 0 aliphatic heterocycles. The Labute approximate surface area is 169 Å². The van der Waals surface area contributed by atoms with Crippen molar-refractivity contribution in [2.75, 3.05) is 0 Å². The zero-order valence-electron chi connectivity index (χ0n) is 16.2. The highest BCUT2D eigenvalue weighted by Crippen LogP contribution is 2.26. The van der Waals surface area contributed by atoms with E-state index in [1.807, 2.05) is 42.5 Å². The van der Waals surface area contributed by atoms with Crippen LogP contribution in [0.3, 0.4) is 0 Å². The minimum absolute atomic E-state index is 0.0810. The Morgan fingerprint density at radius 3 is 2.59 bits per heavy atom. The first kappa shape index (κ1) is 19.1. The predicted octanol–water partition coefficient (Wildman–Crippen LogP) is 3.42. The van der Waals surface area contributed by atoms with Gasteiger partial charge in [0.15, 0.2) is 5.82 Å². The molecule has 1 fully saturated rings. The molecule has 1 aliphatic carbocycles. The molecule has 1 atom stereocenters. The van der Waals surface area contributed by atoms with Crippen molar-refractivity contribution in [3.63, 3.8) is 0 Å². The second-order valence-corrected chi connectivity index (χ2v) is 7.46. The molecule has 1 saturated carbocycles. The van der Waals surface area contributed by atoms with Crippen LogP contribution in [-0.4, -0.2) is 20.9 Å². The molecule has 3 aromatic rings. The summed E-state index contributed by atoms with van der Waals surface area (Å²) < 4.78 is 0. The molecule has 4 rings (SSSR count). The molecule has 6 nitrogen and oxygen atoms in total. The third-order valence-corrected chi connectivity index (χ3v) is 5.36. The maximum absolute atomic E-state index is 12.8. The van der Waals surface area contributed by atoms with Crippen molar-refractivity contribution in [2.45, 2.75) is 38.1 Å². The van der Waals surface area contributed by atoms with Crippen LogP contribution in [0, 0.1) is 5.92 Å². The van der Waals surface area contributed by atoms with E-state index >= 15 is 0 Å². The molecule has 29 heavy (non-hydrogen) atoms. The number of pyridine rings is 1. The molecule has 2 heterocycles. The van der Waals surface area contributed by atoms with Crippen LogP contribution in [0.25, 0.3) is 11.5 Å². The summed E-state index contributed by atoms with van der Waals surface area (Å²) in [5.41, 5.74) is 2.00. The fraction of sp³-hybridized carbons (Fsp3) is 0.304. The van der Waals surface area contributed by atoms with Gasteiger partial charge in [-0.3, -0.25) is 14.6 Å². The minimum Gasteiger partial charge on any atom is -0.349 e. The number of aromatic amines is 1. The zero-order chi connectivity index (χ0) is 20.1. The Balaban J connectivity index is 1.61. The Morgan fingerprint density at radius 1 is 1.10 bits per heavy atom. The highest BCUT2D eigenvalue weighted by Gasteiger charge is 2.25. The van der Waals surface area contributed by atoms with Gasteiger partial charge < -0.3 is 10.3 Å². The topological polar surface area (TPSA) is 87.7 Å². The molecule has 2 aromatic heterocycles. The molecule has 1 aromatic carbocycles. The van der Waals surface area contributed by atoms with Crippen LogP contribution in [0.2, 0.25) is 0 Å². The molecule has 1 amide bonds. The smallest absolute Gasteiger partial charge is 0.251 e. The van der Waals surface area contributed by atoms with Crippen molar-refractivity contribution in [1.29, 1.82) is 0 Å². The first-order chi connectivity index (χ1) is 14.2. The lowest BCUT2D eigenvalue weighted by Gasteiger charge is -2.21. The molecule has 148 valence electrons. The van der Waals surface area contributed by atoms with Gasteiger partial charge in [-0.25, -0.2) is 4.98 Å². The van der Waals surface area contributed by atoms with Crippen molar-refractivity contribution in [1.82, 2.24) is 20.3 Å². The van der Waals surface area contributed by atoms with Crippen LogP contribution in [0.1, 0.15) is 43.0 Å². The van der Waals surface area contributed by atoms with Crippen molar-refractivity contribution in [2.24, 2.45) is 5.92 Å². The van der Waals surface area contributed by atoms with Crippen LogP contribution in [-0.2, 0) is 11.2 Å². The van der Waals surface area contributed by atoms with Gasteiger partial charge in [-0.1, -0.05) is 49.2 Å². The van der Waals surface area contributed by atoms with Gasteiger partial charge in [0.2, 0.25) is 5.91 Å². The van der Waals surface area contributed by atoms with Gasteiger partial charge in [0.25, 0.3) is 5.56 Å². The predicted molar refractivity (Wildman–Crippen MR) is 111 cm³/mol. The van der Waals surface area contributed by atoms with Crippen LogP contribution in [0.5, 0.6) is 0 Å². The van der Waals surface area contributed by atoms with Gasteiger partial charge in [-0.05, 0) is 30.5 Å². The highest BCUT2D eigenvalue weighted by atomic mass is 16.2. The average molecular weight is 388 g/mol. The normalized spacial score (nSPS) is 15.2. The van der Waals surface area contributed by atoms with E-state index in [4.69, 9.17) is 0 Å². The number of rotatable bonds is 6. The summed E-state index contributed by atoms with van der Waals surface area (Å²) >= 11 is 0. The molecule has 1 aliphatic rings. The lowest BCUT2D eigenvalue weighted by Crippen LogP contribution is -2.34. The number of nitrogens with zero attached hydrogens (tertiary/aromatic N) is 2. The Hall–Kier alpha value is -3.28. The van der Waals surface area contributed by atoms with E-state index in [1.165, 1.54) is 6.07 Å². The maximum Gasteiger partial charge on any atom is 0.251 e. The molecule has 0 spiro atoms. The zero-order valence-corrected chi connectivity index (χ0v) is 16.2. The van der Waals surface area contributed by atoms with E-state index in [1.54, 1.807) is 12.3 Å². The largest absolute Gasteiger partial charge is 0.349 e. The Kier molecular flexibility index (Phi) is 5.79. The van der Waals surface area contributed by atoms with Gasteiger partial charge in [0, 0.05) is 24.6 Å². The van der Waals surface area contributed by atoms with Gasteiger partial charge in [0.1, 0.15) is 5.69 Å². The second-order valence-electron chi connectivity index (χ2n) is 7.46. The Morgan fingerprint density at radius 2 is 1.86 bits per heavy atom. The van der Waals surface area contributed by atoms with Gasteiger partial charge in [0.05, 0.1) is 11.7 Å². The third kappa shape index (κ3) is 4.77. The molecule has 0 saturated heterocycles. The Bertz CT molecular complexity index is 1010. The van der Waals surface area contributed by atoms with Crippen LogP contribution >= 0.6 is 0 Å². The number of carbonyl (C=O) groups is 1. The fourth-order valence-electron chi connectivity index (χ4n) is 3.86. The maximum atomic E-state index is 12.8. The summed E-state index contributed by atoms with van der Waals surface area (Å²) in [4.78, 5) is 36.6. The summed E-state index contributed by atoms with van der Waals surface area (Å²) in [6.45, 7) is 0. The number of hydrogen-bond acceptors (Lipinski definition) is 4. The number of benzene rings is 1. The summed E-state index contributed by atoms with van der Waals surface area (Å²) in [5, 5.41) is 3.20. The van der Waals surface area contributed by atoms with Gasteiger partial charge in [-0.2, -0.15) is 0 Å². The monoisotopic (exact) mass is 388 g/mol. The summed E-state index contributed by atoms with van der Waals surface area (Å²) in [5.74, 6) is 0.602. The summed E-state index contributed by atoms with van der Waals surface area (Å²) in [7, 11) is 0. The SMILES string of the molecule is O=C(NC(Cc1cc(=O)[nH]c(-c2ccccn2)n1)c1ccccc1)C1CCCC1. The molecule has 0 radical (unpaired) electrons. The summed E-state index contributed by atoms with van der Waals surface area (Å²) in [6, 6.07) is 16.6. The quantitative estimate of drug-likeness (QED) is 0.677. The molecule has 2 N–H and O–H groups in total. The highest BCUT2D eigenvalue weighted by molar-refractivity contribution is 5.79. The number of aromatic nitrogens is 3. The molecular weight excluding hydrogens is 364 g/mol. The van der Waals surface area contributed by atoms with E-state index < -0.39 is 0 Å². The molecule has 6 heteroatoms. The minimum atomic E-state index is -0.241. The van der Waals surface area contributed by atoms with Gasteiger partial charge in [-0.15, -0.1) is 0 Å². The van der Waals surface area contributed by atoms with Crippen molar-refractivity contribution >= 4 is 5.91 Å². The standard InChI is InChI=1S/C23H24N4O2/c28-21-15-18(25-22(27-21)19-12-6-7-13-24-19)14-20(16-8-2-1-3-9-16)26-23(29)17-10-4-5-11-17/h1-3,6-9,12-13,15,17,20H,4-5,10-11,14H2,(H,26,29)(H,25,27,28). The summed E-state index contributed by atoms with van der Waals surface area (Å²) in [6.07, 6.45) is 6.21. The molecular formula is C23H24N4O2. The third-order valence-electron chi connectivity index (χ3n) is 5.36. The first-order valence-corrected chi connectivity index (χ1v) is 10.1. The number of hydrogen-bond donors (Lipinski definition) is 2. The van der Waals surface area contributed by atoms with Crippen molar-refractivity contribution in [3.05, 3.63) is 82.4 Å². The lowest BCUT2D eigenvalue weighted by atomic mass is 9.99. The van der Waals surface area contributed by atoms with Crippen molar-refractivity contribution < 1.29 is 4.79 Å². The number of carbonyl (C=O) groups excluding carboxylic acids is 1. The van der Waals surface area contributed by atoms with Crippen LogP contribution < -0.4 is 10.9 Å². The number of amides is 1. The second kappa shape index (κ2) is 8.82. The van der Waals surface area contributed by atoms with Crippen LogP contribution in [0.4, 0.5) is 0 Å². The first-order valence-electron chi connectivity index (χ1n) is 10.1. The number of H-pyrrole nitrogens is 1. The van der Waals surface area contributed by atoms with Crippen LogP contribution in [0.15, 0.2) is 65.6 Å². The fourth-order valence-corrected chi connectivity index (χ4v) is 3.86. The van der Waals surface area contributed by atoms with E-state index in [-0.39, 0.29) is 23.4 Å². The van der Waals surface area contributed by atoms with E-state index in [2.05, 4.69) is 20.3 Å². The lowest BCUT2D eigenvalue weighted by molar-refractivity contribution is -0.125. The van der Waals surface area contributed by atoms with E-state index in [0.717, 1.165) is 31.2 Å². The average Bonchev–Trinajstić information content (AvgIpc) is 3.29. The molecule has 1 unspecified atom stereocenters.